The van der Waals surface area contributed by atoms with E-state index in [2.05, 4.69) is 15.2 Å². The van der Waals surface area contributed by atoms with Crippen LogP contribution in [0.15, 0.2) is 48.8 Å². The quantitative estimate of drug-likeness (QED) is 0.774. The summed E-state index contributed by atoms with van der Waals surface area (Å²) in [7, 11) is 0. The number of rotatable bonds is 3. The average molecular weight is 283 g/mol. The lowest BCUT2D eigenvalue weighted by molar-refractivity contribution is 0.0690. The molecule has 6 heteroatoms. The number of H-pyrrole nitrogens is 1. The smallest absolute Gasteiger partial charge is 0.354 e. The highest BCUT2D eigenvalue weighted by Gasteiger charge is 2.15. The topological polar surface area (TPSA) is 78.9 Å². The molecule has 0 fully saturated rings. The molecule has 0 atom stereocenters. The number of aromatic carboxylic acids is 1. The molecule has 0 radical (unpaired) electrons. The van der Waals surface area contributed by atoms with Crippen LogP contribution in [0.1, 0.15) is 10.5 Å². The minimum Gasteiger partial charge on any atom is -0.477 e. The standard InChI is InChI=1S/C15H10FN3O2/c16-12-4-2-1-3-10(12)14-11(8-18-19-14)9-5-6-17-13(7-9)15(20)21/h1-8H,(H,18,19)(H,20,21). The van der Waals surface area contributed by atoms with Crippen molar-refractivity contribution in [3.63, 3.8) is 0 Å². The third kappa shape index (κ3) is 2.38. The van der Waals surface area contributed by atoms with Gasteiger partial charge in [-0.2, -0.15) is 5.10 Å². The van der Waals surface area contributed by atoms with E-state index in [9.17, 15) is 9.18 Å². The van der Waals surface area contributed by atoms with Gasteiger partial charge in [0.15, 0.2) is 0 Å². The van der Waals surface area contributed by atoms with E-state index in [4.69, 9.17) is 5.11 Å². The predicted octanol–water partition coefficient (Wildman–Crippen LogP) is 2.98. The number of pyridine rings is 1. The molecule has 0 aliphatic carbocycles. The van der Waals surface area contributed by atoms with Crippen molar-refractivity contribution in [2.45, 2.75) is 0 Å². The van der Waals surface area contributed by atoms with Crippen LogP contribution in [0.2, 0.25) is 0 Å². The number of aromatic nitrogens is 3. The fourth-order valence-electron chi connectivity index (χ4n) is 2.08. The lowest BCUT2D eigenvalue weighted by Gasteiger charge is -2.04. The molecule has 0 saturated carbocycles. The number of hydrogen-bond acceptors (Lipinski definition) is 3. The van der Waals surface area contributed by atoms with Crippen LogP contribution in [0.4, 0.5) is 4.39 Å². The largest absolute Gasteiger partial charge is 0.477 e. The summed E-state index contributed by atoms with van der Waals surface area (Å²) in [5.74, 6) is -1.51. The van der Waals surface area contributed by atoms with Crippen LogP contribution in [-0.2, 0) is 0 Å². The van der Waals surface area contributed by atoms with Crippen LogP contribution in [0, 0.1) is 5.82 Å². The van der Waals surface area contributed by atoms with E-state index in [1.165, 1.54) is 18.3 Å². The monoisotopic (exact) mass is 283 g/mol. The molecule has 0 saturated heterocycles. The zero-order chi connectivity index (χ0) is 14.8. The van der Waals surface area contributed by atoms with Gasteiger partial charge in [0.05, 0.1) is 0 Å². The van der Waals surface area contributed by atoms with E-state index in [1.807, 2.05) is 0 Å². The van der Waals surface area contributed by atoms with Gasteiger partial charge in [0.2, 0.25) is 0 Å². The van der Waals surface area contributed by atoms with E-state index in [-0.39, 0.29) is 5.69 Å². The first-order chi connectivity index (χ1) is 10.2. The molecule has 3 rings (SSSR count). The second-order valence-electron chi connectivity index (χ2n) is 4.36. The maximum Gasteiger partial charge on any atom is 0.354 e. The van der Waals surface area contributed by atoms with Gasteiger partial charge in [0.25, 0.3) is 0 Å². The summed E-state index contributed by atoms with van der Waals surface area (Å²) < 4.78 is 13.9. The number of nitrogens with one attached hydrogen (secondary N) is 1. The Morgan fingerprint density at radius 1 is 1.19 bits per heavy atom. The summed E-state index contributed by atoms with van der Waals surface area (Å²) in [4.78, 5) is 14.8. The molecule has 2 aromatic heterocycles. The number of aromatic amines is 1. The number of carboxylic acid groups (broad SMARTS) is 1. The van der Waals surface area contributed by atoms with Crippen molar-refractivity contribution in [1.82, 2.24) is 15.2 Å². The Bertz CT molecular complexity index is 814. The van der Waals surface area contributed by atoms with Crippen LogP contribution in [-0.4, -0.2) is 26.3 Å². The highest BCUT2D eigenvalue weighted by molar-refractivity contribution is 5.88. The van der Waals surface area contributed by atoms with Crippen molar-refractivity contribution in [3.05, 3.63) is 60.3 Å². The molecular weight excluding hydrogens is 273 g/mol. The summed E-state index contributed by atoms with van der Waals surface area (Å²) in [5, 5.41) is 15.7. The molecule has 104 valence electrons. The van der Waals surface area contributed by atoms with Crippen LogP contribution < -0.4 is 0 Å². The lowest BCUT2D eigenvalue weighted by atomic mass is 10.0. The molecule has 1 aromatic carbocycles. The van der Waals surface area contributed by atoms with Crippen molar-refractivity contribution < 1.29 is 14.3 Å². The first-order valence-corrected chi connectivity index (χ1v) is 6.15. The van der Waals surface area contributed by atoms with Gasteiger partial charge < -0.3 is 5.11 Å². The van der Waals surface area contributed by atoms with Crippen molar-refractivity contribution in [2.24, 2.45) is 0 Å². The van der Waals surface area contributed by atoms with Crippen LogP contribution in [0.25, 0.3) is 22.4 Å². The Morgan fingerprint density at radius 3 is 2.76 bits per heavy atom. The highest BCUT2D eigenvalue weighted by Crippen LogP contribution is 2.31. The summed E-state index contributed by atoms with van der Waals surface area (Å²) in [6.45, 7) is 0. The molecule has 0 unspecified atom stereocenters. The molecule has 21 heavy (non-hydrogen) atoms. The molecule has 2 N–H and O–H groups in total. The minimum absolute atomic E-state index is 0.0758. The van der Waals surface area contributed by atoms with Crippen molar-refractivity contribution in [1.29, 1.82) is 0 Å². The van der Waals surface area contributed by atoms with Gasteiger partial charge in [0.1, 0.15) is 17.2 Å². The lowest BCUT2D eigenvalue weighted by Crippen LogP contribution is -1.99. The predicted molar refractivity (Wildman–Crippen MR) is 74.2 cm³/mol. The fraction of sp³-hybridized carbons (Fsp3) is 0. The number of carboxylic acids is 1. The average Bonchev–Trinajstić information content (AvgIpc) is 2.97. The third-order valence-corrected chi connectivity index (χ3v) is 3.06. The fourth-order valence-corrected chi connectivity index (χ4v) is 2.08. The number of carbonyl (C=O) groups is 1. The number of hydrogen-bond donors (Lipinski definition) is 2. The Balaban J connectivity index is 2.14. The van der Waals surface area contributed by atoms with E-state index < -0.39 is 11.8 Å². The highest BCUT2D eigenvalue weighted by atomic mass is 19.1. The minimum atomic E-state index is -1.12. The molecule has 5 nitrogen and oxygen atoms in total. The van der Waals surface area contributed by atoms with Crippen molar-refractivity contribution >= 4 is 5.97 Å². The van der Waals surface area contributed by atoms with Gasteiger partial charge in [-0.25, -0.2) is 14.2 Å². The van der Waals surface area contributed by atoms with Gasteiger partial charge >= 0.3 is 5.97 Å². The molecule has 0 amide bonds. The summed E-state index contributed by atoms with van der Waals surface area (Å²) in [6.07, 6.45) is 3.00. The van der Waals surface area contributed by atoms with Crippen molar-refractivity contribution in [2.75, 3.05) is 0 Å². The van der Waals surface area contributed by atoms with E-state index in [0.29, 0.717) is 22.4 Å². The zero-order valence-corrected chi connectivity index (χ0v) is 10.7. The number of benzene rings is 1. The van der Waals surface area contributed by atoms with E-state index in [1.54, 1.807) is 30.5 Å². The molecular formula is C15H10FN3O2. The number of halogens is 1. The van der Waals surface area contributed by atoms with Crippen LogP contribution in [0.3, 0.4) is 0 Å². The first-order valence-electron chi connectivity index (χ1n) is 6.15. The summed E-state index contributed by atoms with van der Waals surface area (Å²) in [6, 6.07) is 9.36. The van der Waals surface area contributed by atoms with Gasteiger partial charge in [-0.1, -0.05) is 12.1 Å². The molecule has 3 aromatic rings. The second kappa shape index (κ2) is 5.16. The summed E-state index contributed by atoms with van der Waals surface area (Å²) in [5.41, 5.74) is 1.92. The Morgan fingerprint density at radius 2 is 2.00 bits per heavy atom. The third-order valence-electron chi connectivity index (χ3n) is 3.06. The second-order valence-corrected chi connectivity index (χ2v) is 4.36. The molecule has 0 spiro atoms. The first kappa shape index (κ1) is 13.0. The van der Waals surface area contributed by atoms with Crippen LogP contribution >= 0.6 is 0 Å². The Kier molecular flexibility index (Phi) is 3.19. The Labute approximate surface area is 119 Å². The van der Waals surface area contributed by atoms with E-state index >= 15 is 0 Å². The van der Waals surface area contributed by atoms with E-state index in [0.717, 1.165) is 0 Å². The van der Waals surface area contributed by atoms with Crippen molar-refractivity contribution in [3.8, 4) is 22.4 Å². The maximum absolute atomic E-state index is 13.9. The SMILES string of the molecule is O=C(O)c1cc(-c2c[nH]nc2-c2ccccc2F)ccn1. The maximum atomic E-state index is 13.9. The molecule has 0 bridgehead atoms. The molecule has 0 aliphatic rings. The molecule has 0 aliphatic heterocycles. The normalized spacial score (nSPS) is 10.5. The molecule has 2 heterocycles. The van der Waals surface area contributed by atoms with Gasteiger partial charge in [0, 0.05) is 23.5 Å². The summed E-state index contributed by atoms with van der Waals surface area (Å²) >= 11 is 0. The van der Waals surface area contributed by atoms with Gasteiger partial charge in [-0.15, -0.1) is 0 Å². The number of nitrogens with zero attached hydrogens (tertiary/aromatic N) is 2. The van der Waals surface area contributed by atoms with Gasteiger partial charge in [-0.05, 0) is 29.8 Å². The zero-order valence-electron chi connectivity index (χ0n) is 10.7. The van der Waals surface area contributed by atoms with Gasteiger partial charge in [-0.3, -0.25) is 5.10 Å². The Hall–Kier alpha value is -3.02. The van der Waals surface area contributed by atoms with Crippen LogP contribution in [0.5, 0.6) is 0 Å².